The number of benzene rings is 1. The summed E-state index contributed by atoms with van der Waals surface area (Å²) in [7, 11) is 0. The standard InChI is InChI=1S/C15H20ClN3O/c1-10(2)19-9-14(8-18-19)20-15-5-4-13(16)7-12(15)6-11(3)17/h4-5,7-11H,6,17H2,1-3H3. The lowest BCUT2D eigenvalue weighted by Gasteiger charge is -2.12. The number of aromatic nitrogens is 2. The molecule has 4 nitrogen and oxygen atoms in total. The lowest BCUT2D eigenvalue weighted by Crippen LogP contribution is -2.18. The van der Waals surface area contributed by atoms with E-state index in [9.17, 15) is 0 Å². The number of halogens is 1. The molecule has 0 aliphatic carbocycles. The first-order valence-corrected chi connectivity index (χ1v) is 7.09. The average Bonchev–Trinajstić information content (AvgIpc) is 2.80. The van der Waals surface area contributed by atoms with Crippen LogP contribution >= 0.6 is 11.6 Å². The molecule has 0 bridgehead atoms. The Kier molecular flexibility index (Phi) is 4.68. The van der Waals surface area contributed by atoms with E-state index in [-0.39, 0.29) is 6.04 Å². The van der Waals surface area contributed by atoms with Gasteiger partial charge in [0.25, 0.3) is 0 Å². The van der Waals surface area contributed by atoms with Gasteiger partial charge in [0.15, 0.2) is 5.75 Å². The Labute approximate surface area is 124 Å². The van der Waals surface area contributed by atoms with Crippen LogP contribution in [0.3, 0.4) is 0 Å². The van der Waals surface area contributed by atoms with E-state index < -0.39 is 0 Å². The highest BCUT2D eigenvalue weighted by Crippen LogP contribution is 2.29. The number of nitrogens with zero attached hydrogens (tertiary/aromatic N) is 2. The summed E-state index contributed by atoms with van der Waals surface area (Å²) < 4.78 is 7.76. The zero-order valence-corrected chi connectivity index (χ0v) is 12.8. The van der Waals surface area contributed by atoms with Crippen molar-refractivity contribution in [1.82, 2.24) is 9.78 Å². The zero-order valence-electron chi connectivity index (χ0n) is 12.0. The van der Waals surface area contributed by atoms with Crippen LogP contribution in [0.4, 0.5) is 0 Å². The Bertz CT molecular complexity index is 578. The van der Waals surface area contributed by atoms with E-state index in [1.165, 1.54) is 0 Å². The maximum absolute atomic E-state index is 6.04. The molecular formula is C15H20ClN3O. The molecule has 1 aromatic heterocycles. The summed E-state index contributed by atoms with van der Waals surface area (Å²) in [6.07, 6.45) is 4.31. The van der Waals surface area contributed by atoms with Crippen molar-refractivity contribution in [2.75, 3.05) is 0 Å². The minimum absolute atomic E-state index is 0.0502. The number of hydrogen-bond acceptors (Lipinski definition) is 3. The maximum Gasteiger partial charge on any atom is 0.165 e. The van der Waals surface area contributed by atoms with E-state index in [0.717, 1.165) is 11.3 Å². The van der Waals surface area contributed by atoms with Crippen molar-refractivity contribution in [1.29, 1.82) is 0 Å². The molecule has 2 N–H and O–H groups in total. The van der Waals surface area contributed by atoms with Crippen LogP contribution in [0.1, 0.15) is 32.4 Å². The van der Waals surface area contributed by atoms with Crippen LogP contribution in [0.25, 0.3) is 0 Å². The van der Waals surface area contributed by atoms with Gasteiger partial charge in [0, 0.05) is 17.1 Å². The molecule has 5 heteroatoms. The highest BCUT2D eigenvalue weighted by molar-refractivity contribution is 6.30. The Hall–Kier alpha value is -1.52. The van der Waals surface area contributed by atoms with E-state index >= 15 is 0 Å². The summed E-state index contributed by atoms with van der Waals surface area (Å²) in [4.78, 5) is 0. The van der Waals surface area contributed by atoms with Crippen molar-refractivity contribution in [2.45, 2.75) is 39.3 Å². The van der Waals surface area contributed by atoms with Crippen LogP contribution in [-0.4, -0.2) is 15.8 Å². The first-order chi connectivity index (χ1) is 9.45. The van der Waals surface area contributed by atoms with E-state index in [0.29, 0.717) is 23.2 Å². The quantitative estimate of drug-likeness (QED) is 0.912. The van der Waals surface area contributed by atoms with Gasteiger partial charge in [-0.2, -0.15) is 5.10 Å². The lowest BCUT2D eigenvalue weighted by atomic mass is 10.1. The summed E-state index contributed by atoms with van der Waals surface area (Å²) in [6, 6.07) is 5.93. The van der Waals surface area contributed by atoms with Crippen molar-refractivity contribution in [3.05, 3.63) is 41.2 Å². The predicted octanol–water partition coefficient (Wildman–Crippen LogP) is 3.80. The summed E-state index contributed by atoms with van der Waals surface area (Å²) >= 11 is 6.04. The number of ether oxygens (including phenoxy) is 1. The van der Waals surface area contributed by atoms with Gasteiger partial charge in [0.05, 0.1) is 12.4 Å². The summed E-state index contributed by atoms with van der Waals surface area (Å²) in [5.74, 6) is 1.49. The highest BCUT2D eigenvalue weighted by Gasteiger charge is 2.10. The molecule has 108 valence electrons. The molecule has 2 aromatic rings. The fourth-order valence-corrected chi connectivity index (χ4v) is 2.13. The minimum Gasteiger partial charge on any atom is -0.454 e. The second-order valence-electron chi connectivity index (χ2n) is 5.29. The fourth-order valence-electron chi connectivity index (χ4n) is 1.94. The summed E-state index contributed by atoms with van der Waals surface area (Å²) in [5, 5.41) is 4.95. The molecule has 1 aromatic carbocycles. The molecule has 0 fully saturated rings. The van der Waals surface area contributed by atoms with Gasteiger partial charge in [0.1, 0.15) is 5.75 Å². The van der Waals surface area contributed by atoms with Gasteiger partial charge in [0.2, 0.25) is 0 Å². The molecule has 0 amide bonds. The number of rotatable bonds is 5. The third-order valence-corrected chi connectivity index (χ3v) is 3.13. The molecule has 0 aliphatic rings. The predicted molar refractivity (Wildman–Crippen MR) is 81.5 cm³/mol. The van der Waals surface area contributed by atoms with E-state index in [4.69, 9.17) is 22.1 Å². The molecule has 20 heavy (non-hydrogen) atoms. The van der Waals surface area contributed by atoms with Crippen LogP contribution in [0.5, 0.6) is 11.5 Å². The molecule has 0 spiro atoms. The zero-order chi connectivity index (χ0) is 14.7. The van der Waals surface area contributed by atoms with Crippen LogP contribution in [0.15, 0.2) is 30.6 Å². The molecular weight excluding hydrogens is 274 g/mol. The Morgan fingerprint density at radius 3 is 2.70 bits per heavy atom. The van der Waals surface area contributed by atoms with E-state index in [1.807, 2.05) is 36.0 Å². The van der Waals surface area contributed by atoms with Crippen LogP contribution in [0, 0.1) is 0 Å². The van der Waals surface area contributed by atoms with Crippen LogP contribution in [-0.2, 0) is 6.42 Å². The number of nitrogens with two attached hydrogens (primary N) is 1. The molecule has 1 heterocycles. The van der Waals surface area contributed by atoms with Crippen LogP contribution < -0.4 is 10.5 Å². The lowest BCUT2D eigenvalue weighted by molar-refractivity contribution is 0.469. The van der Waals surface area contributed by atoms with Gasteiger partial charge in [-0.05, 0) is 51.0 Å². The largest absolute Gasteiger partial charge is 0.454 e. The SMILES string of the molecule is CC(N)Cc1cc(Cl)ccc1Oc1cnn(C(C)C)c1. The van der Waals surface area contributed by atoms with Gasteiger partial charge in [-0.25, -0.2) is 0 Å². The maximum atomic E-state index is 6.04. The van der Waals surface area contributed by atoms with Gasteiger partial charge < -0.3 is 10.5 Å². The van der Waals surface area contributed by atoms with Gasteiger partial charge in [-0.15, -0.1) is 0 Å². The molecule has 1 atom stereocenters. The average molecular weight is 294 g/mol. The Balaban J connectivity index is 2.23. The van der Waals surface area contributed by atoms with Gasteiger partial charge in [-0.3, -0.25) is 4.68 Å². The van der Waals surface area contributed by atoms with E-state index in [1.54, 1.807) is 6.20 Å². The van der Waals surface area contributed by atoms with E-state index in [2.05, 4.69) is 18.9 Å². The molecule has 0 saturated heterocycles. The first-order valence-electron chi connectivity index (χ1n) is 6.71. The second-order valence-corrected chi connectivity index (χ2v) is 5.72. The monoisotopic (exact) mass is 293 g/mol. The molecule has 2 rings (SSSR count). The van der Waals surface area contributed by atoms with Crippen molar-refractivity contribution in [3.63, 3.8) is 0 Å². The summed E-state index contributed by atoms with van der Waals surface area (Å²) in [6.45, 7) is 6.10. The molecule has 1 unspecified atom stereocenters. The number of hydrogen-bond donors (Lipinski definition) is 1. The van der Waals surface area contributed by atoms with Crippen molar-refractivity contribution in [3.8, 4) is 11.5 Å². The first kappa shape index (κ1) is 14.9. The molecule has 0 aliphatic heterocycles. The minimum atomic E-state index is 0.0502. The third kappa shape index (κ3) is 3.74. The third-order valence-electron chi connectivity index (χ3n) is 2.90. The van der Waals surface area contributed by atoms with Crippen molar-refractivity contribution in [2.24, 2.45) is 5.73 Å². The normalized spacial score (nSPS) is 12.7. The van der Waals surface area contributed by atoms with Gasteiger partial charge >= 0.3 is 0 Å². The summed E-state index contributed by atoms with van der Waals surface area (Å²) in [5.41, 5.74) is 6.87. The molecule has 0 saturated carbocycles. The molecule has 0 radical (unpaired) electrons. The smallest absolute Gasteiger partial charge is 0.165 e. The fraction of sp³-hybridized carbons (Fsp3) is 0.400. The highest BCUT2D eigenvalue weighted by atomic mass is 35.5. The topological polar surface area (TPSA) is 53.1 Å². The van der Waals surface area contributed by atoms with Crippen LogP contribution in [0.2, 0.25) is 5.02 Å². The van der Waals surface area contributed by atoms with Crippen molar-refractivity contribution >= 4 is 11.6 Å². The Morgan fingerprint density at radius 2 is 2.10 bits per heavy atom. The second kappa shape index (κ2) is 6.29. The Morgan fingerprint density at radius 1 is 1.35 bits per heavy atom. The van der Waals surface area contributed by atoms with Gasteiger partial charge in [-0.1, -0.05) is 11.6 Å². The van der Waals surface area contributed by atoms with Crippen molar-refractivity contribution < 1.29 is 4.74 Å².